The van der Waals surface area contributed by atoms with E-state index in [4.69, 9.17) is 4.74 Å². The van der Waals surface area contributed by atoms with Gasteiger partial charge < -0.3 is 9.64 Å². The molecule has 1 aliphatic heterocycles. The first-order valence-corrected chi connectivity index (χ1v) is 7.21. The van der Waals surface area contributed by atoms with E-state index in [0.29, 0.717) is 0 Å². The van der Waals surface area contributed by atoms with Crippen molar-refractivity contribution < 1.29 is 4.74 Å². The summed E-state index contributed by atoms with van der Waals surface area (Å²) in [6.45, 7) is 4.42. The Morgan fingerprint density at radius 2 is 2.24 bits per heavy atom. The number of morpholine rings is 1. The van der Waals surface area contributed by atoms with Crippen molar-refractivity contribution in [1.29, 1.82) is 0 Å². The highest BCUT2D eigenvalue weighted by molar-refractivity contribution is 5.35. The molecule has 110 valence electrons. The Kier molecular flexibility index (Phi) is 4.35. The van der Waals surface area contributed by atoms with Gasteiger partial charge in [-0.15, -0.1) is 0 Å². The lowest BCUT2D eigenvalue weighted by Crippen LogP contribution is -2.43. The zero-order valence-corrected chi connectivity index (χ0v) is 12.1. The molecule has 1 saturated heterocycles. The molecular formula is C15H19N5O. The summed E-state index contributed by atoms with van der Waals surface area (Å²) in [4.78, 5) is 19.1. The van der Waals surface area contributed by atoms with Gasteiger partial charge in [0, 0.05) is 36.9 Å². The fourth-order valence-corrected chi connectivity index (χ4v) is 2.51. The predicted molar refractivity (Wildman–Crippen MR) is 79.1 cm³/mol. The largest absolute Gasteiger partial charge is 0.375 e. The topological polar surface area (TPSA) is 64.0 Å². The van der Waals surface area contributed by atoms with E-state index in [1.54, 1.807) is 24.9 Å². The molecule has 0 unspecified atom stereocenters. The minimum Gasteiger partial charge on any atom is -0.375 e. The third kappa shape index (κ3) is 3.72. The Morgan fingerprint density at radius 3 is 3.05 bits per heavy atom. The molecular weight excluding hydrogens is 266 g/mol. The van der Waals surface area contributed by atoms with E-state index in [9.17, 15) is 0 Å². The SMILES string of the molecule is Cc1cc(CC[C@@H]2CN(c3cnccn3)CCO2)ncn1. The van der Waals surface area contributed by atoms with Crippen molar-refractivity contribution in [3.8, 4) is 0 Å². The maximum absolute atomic E-state index is 5.85. The van der Waals surface area contributed by atoms with Crippen molar-refractivity contribution in [2.45, 2.75) is 25.9 Å². The zero-order chi connectivity index (χ0) is 14.5. The van der Waals surface area contributed by atoms with Crippen LogP contribution in [0, 0.1) is 6.92 Å². The van der Waals surface area contributed by atoms with Gasteiger partial charge >= 0.3 is 0 Å². The first-order valence-electron chi connectivity index (χ1n) is 7.21. The monoisotopic (exact) mass is 285 g/mol. The lowest BCUT2D eigenvalue weighted by Gasteiger charge is -2.33. The van der Waals surface area contributed by atoms with Crippen LogP contribution in [-0.4, -0.2) is 45.7 Å². The van der Waals surface area contributed by atoms with Crippen molar-refractivity contribution in [3.05, 3.63) is 42.4 Å². The van der Waals surface area contributed by atoms with E-state index in [-0.39, 0.29) is 6.10 Å². The van der Waals surface area contributed by atoms with Crippen molar-refractivity contribution in [3.63, 3.8) is 0 Å². The summed E-state index contributed by atoms with van der Waals surface area (Å²) in [6, 6.07) is 2.03. The van der Waals surface area contributed by atoms with Crippen LogP contribution in [0.5, 0.6) is 0 Å². The standard InChI is InChI=1S/C15H19N5O/c1-12-8-13(19-11-18-12)2-3-14-10-20(6-7-21-14)15-9-16-4-5-17-15/h4-5,8-9,11,14H,2-3,6-7,10H2,1H3/t14-/m1/s1. The highest BCUT2D eigenvalue weighted by Crippen LogP contribution is 2.16. The molecule has 3 heterocycles. The van der Waals surface area contributed by atoms with E-state index < -0.39 is 0 Å². The molecule has 2 aromatic rings. The minimum atomic E-state index is 0.205. The third-order valence-corrected chi connectivity index (χ3v) is 3.60. The second-order valence-corrected chi connectivity index (χ2v) is 5.19. The summed E-state index contributed by atoms with van der Waals surface area (Å²) >= 11 is 0. The molecule has 1 fully saturated rings. The number of aromatic nitrogens is 4. The van der Waals surface area contributed by atoms with E-state index in [2.05, 4.69) is 24.8 Å². The maximum Gasteiger partial charge on any atom is 0.147 e. The van der Waals surface area contributed by atoms with Gasteiger partial charge in [-0.2, -0.15) is 0 Å². The summed E-state index contributed by atoms with van der Waals surface area (Å²) in [5.74, 6) is 0.920. The number of nitrogens with zero attached hydrogens (tertiary/aromatic N) is 5. The van der Waals surface area contributed by atoms with E-state index in [1.807, 2.05) is 13.0 Å². The molecule has 1 aliphatic rings. The normalized spacial score (nSPS) is 18.7. The van der Waals surface area contributed by atoms with Crippen LogP contribution >= 0.6 is 0 Å². The van der Waals surface area contributed by atoms with Gasteiger partial charge in [-0.05, 0) is 25.8 Å². The molecule has 0 N–H and O–H groups in total. The van der Waals surface area contributed by atoms with Crippen LogP contribution < -0.4 is 4.90 Å². The fraction of sp³-hybridized carbons (Fsp3) is 0.467. The van der Waals surface area contributed by atoms with Crippen LogP contribution in [0.3, 0.4) is 0 Å². The number of anilines is 1. The van der Waals surface area contributed by atoms with Crippen molar-refractivity contribution in [2.75, 3.05) is 24.6 Å². The number of rotatable bonds is 4. The smallest absolute Gasteiger partial charge is 0.147 e. The van der Waals surface area contributed by atoms with Crippen LogP contribution in [0.1, 0.15) is 17.8 Å². The van der Waals surface area contributed by atoms with Crippen LogP contribution in [0.25, 0.3) is 0 Å². The second-order valence-electron chi connectivity index (χ2n) is 5.19. The highest BCUT2D eigenvalue weighted by atomic mass is 16.5. The second kappa shape index (κ2) is 6.58. The average Bonchev–Trinajstić information content (AvgIpc) is 2.54. The summed E-state index contributed by atoms with van der Waals surface area (Å²) in [5, 5.41) is 0. The number of hydrogen-bond acceptors (Lipinski definition) is 6. The summed E-state index contributed by atoms with van der Waals surface area (Å²) in [6.07, 6.45) is 8.91. The van der Waals surface area contributed by atoms with Gasteiger partial charge in [0.15, 0.2) is 0 Å². The quantitative estimate of drug-likeness (QED) is 0.846. The highest BCUT2D eigenvalue weighted by Gasteiger charge is 2.21. The van der Waals surface area contributed by atoms with Gasteiger partial charge in [-0.25, -0.2) is 15.0 Å². The lowest BCUT2D eigenvalue weighted by atomic mass is 10.1. The van der Waals surface area contributed by atoms with Gasteiger partial charge in [-0.3, -0.25) is 4.98 Å². The van der Waals surface area contributed by atoms with E-state index >= 15 is 0 Å². The van der Waals surface area contributed by atoms with Crippen LogP contribution in [0.4, 0.5) is 5.82 Å². The molecule has 0 spiro atoms. The molecule has 3 rings (SSSR count). The molecule has 2 aromatic heterocycles. The van der Waals surface area contributed by atoms with Crippen LogP contribution in [0.2, 0.25) is 0 Å². The maximum atomic E-state index is 5.85. The molecule has 0 bridgehead atoms. The van der Waals surface area contributed by atoms with Crippen molar-refractivity contribution in [2.24, 2.45) is 0 Å². The molecule has 0 saturated carbocycles. The first kappa shape index (κ1) is 13.9. The molecule has 0 radical (unpaired) electrons. The Bertz CT molecular complexity index is 577. The molecule has 0 aromatic carbocycles. The Hall–Kier alpha value is -2.08. The lowest BCUT2D eigenvalue weighted by molar-refractivity contribution is 0.0350. The Balaban J connectivity index is 1.57. The first-order chi connectivity index (χ1) is 10.3. The van der Waals surface area contributed by atoms with Gasteiger partial charge in [-0.1, -0.05) is 0 Å². The van der Waals surface area contributed by atoms with E-state index in [0.717, 1.165) is 49.7 Å². The van der Waals surface area contributed by atoms with Gasteiger partial charge in [0.05, 0.1) is 18.9 Å². The molecule has 0 aliphatic carbocycles. The minimum absolute atomic E-state index is 0.205. The van der Waals surface area contributed by atoms with Gasteiger partial charge in [0.25, 0.3) is 0 Å². The number of ether oxygens (including phenoxy) is 1. The van der Waals surface area contributed by atoms with Gasteiger partial charge in [0.2, 0.25) is 0 Å². The predicted octanol–water partition coefficient (Wildman–Crippen LogP) is 1.41. The zero-order valence-electron chi connectivity index (χ0n) is 12.1. The van der Waals surface area contributed by atoms with Gasteiger partial charge in [0.1, 0.15) is 12.1 Å². The molecule has 21 heavy (non-hydrogen) atoms. The van der Waals surface area contributed by atoms with Crippen molar-refractivity contribution >= 4 is 5.82 Å². The Morgan fingerprint density at radius 1 is 1.29 bits per heavy atom. The summed E-state index contributed by atoms with van der Waals surface area (Å²) in [5.41, 5.74) is 2.08. The molecule has 0 amide bonds. The van der Waals surface area contributed by atoms with Crippen molar-refractivity contribution in [1.82, 2.24) is 19.9 Å². The van der Waals surface area contributed by atoms with E-state index in [1.165, 1.54) is 0 Å². The number of hydrogen-bond donors (Lipinski definition) is 0. The number of aryl methyl sites for hydroxylation is 2. The molecule has 1 atom stereocenters. The molecule has 6 nitrogen and oxygen atoms in total. The summed E-state index contributed by atoms with van der Waals surface area (Å²) < 4.78 is 5.85. The van der Waals surface area contributed by atoms with Crippen LogP contribution in [0.15, 0.2) is 31.0 Å². The average molecular weight is 285 g/mol. The Labute approximate surface area is 124 Å². The molecule has 6 heteroatoms. The fourth-order valence-electron chi connectivity index (χ4n) is 2.51. The summed E-state index contributed by atoms with van der Waals surface area (Å²) in [7, 11) is 0. The third-order valence-electron chi connectivity index (χ3n) is 3.60. The van der Waals surface area contributed by atoms with Crippen LogP contribution in [-0.2, 0) is 11.2 Å².